The highest BCUT2D eigenvalue weighted by Gasteiger charge is 2.53. The molecule has 0 atom stereocenters. The minimum absolute atomic E-state index is 0.0433. The number of benzene rings is 1. The fourth-order valence-electron chi connectivity index (χ4n) is 2.03. The van der Waals surface area contributed by atoms with Crippen molar-refractivity contribution in [1.82, 2.24) is 0 Å². The topological polar surface area (TPSA) is 70.8 Å². The second-order valence-corrected chi connectivity index (χ2v) is 5.94. The van der Waals surface area contributed by atoms with E-state index in [4.69, 9.17) is 9.31 Å². The summed E-state index contributed by atoms with van der Waals surface area (Å²) in [7, 11) is -1.04. The monoisotopic (exact) mass is 315 g/mol. The van der Waals surface area contributed by atoms with Crippen LogP contribution in [-0.2, 0) is 9.31 Å². The average molecular weight is 315 g/mol. The molecule has 0 aromatic heterocycles. The van der Waals surface area contributed by atoms with Crippen LogP contribution in [0.15, 0.2) is 18.2 Å². The Bertz CT molecular complexity index is 578. The van der Waals surface area contributed by atoms with Crippen molar-refractivity contribution < 1.29 is 27.7 Å². The number of hydrogen-bond donors (Lipinski definition) is 0. The molecule has 120 valence electrons. The molecule has 1 aromatic carbocycles. The maximum atomic E-state index is 12.3. The lowest BCUT2D eigenvalue weighted by molar-refractivity contribution is -0.383. The molecule has 2 rings (SSSR count). The van der Waals surface area contributed by atoms with Gasteiger partial charge in [0.1, 0.15) is 5.75 Å². The summed E-state index contributed by atoms with van der Waals surface area (Å²) in [5.74, 6) is -0.190. The summed E-state index contributed by atoms with van der Waals surface area (Å²) in [6.07, 6.45) is 0. The van der Waals surface area contributed by atoms with Gasteiger partial charge in [0.25, 0.3) is 5.69 Å². The largest absolute Gasteiger partial charge is 0.502 e. The molecule has 0 amide bonds. The average Bonchev–Trinajstić information content (AvgIpc) is 2.57. The molecule has 0 spiro atoms. The molecule has 1 aliphatic heterocycles. The Morgan fingerprint density at radius 1 is 1.23 bits per heavy atom. The minimum atomic E-state index is -3.02. The first kappa shape index (κ1) is 16.6. The molecular weight excluding hydrogens is 299 g/mol. The SMILES string of the molecule is CC1(C)OB(c2cc(OC(F)F)ccc2[N+](=O)[O-])OC1(C)C. The lowest BCUT2D eigenvalue weighted by atomic mass is 9.77. The fraction of sp³-hybridized carbons (Fsp3) is 0.538. The van der Waals surface area contributed by atoms with Crippen molar-refractivity contribution in [1.29, 1.82) is 0 Å². The first-order valence-electron chi connectivity index (χ1n) is 6.62. The summed E-state index contributed by atoms with van der Waals surface area (Å²) < 4.78 is 40.4. The van der Waals surface area contributed by atoms with Crippen LogP contribution in [-0.4, -0.2) is 29.9 Å². The third kappa shape index (κ3) is 3.05. The van der Waals surface area contributed by atoms with E-state index in [1.54, 1.807) is 27.7 Å². The van der Waals surface area contributed by atoms with E-state index in [0.29, 0.717) is 0 Å². The maximum Gasteiger partial charge on any atom is 0.502 e. The zero-order valence-electron chi connectivity index (χ0n) is 12.6. The van der Waals surface area contributed by atoms with Gasteiger partial charge in [-0.25, -0.2) is 0 Å². The molecule has 6 nitrogen and oxygen atoms in total. The van der Waals surface area contributed by atoms with Crippen LogP contribution in [0.3, 0.4) is 0 Å². The quantitative estimate of drug-likeness (QED) is 0.485. The van der Waals surface area contributed by atoms with Crippen LogP contribution >= 0.6 is 0 Å². The van der Waals surface area contributed by atoms with E-state index < -0.39 is 29.9 Å². The van der Waals surface area contributed by atoms with Gasteiger partial charge in [-0.05, 0) is 39.8 Å². The van der Waals surface area contributed by atoms with E-state index in [2.05, 4.69) is 4.74 Å². The second-order valence-electron chi connectivity index (χ2n) is 5.94. The van der Waals surface area contributed by atoms with Crippen LogP contribution in [0.2, 0.25) is 0 Å². The third-order valence-corrected chi connectivity index (χ3v) is 3.93. The third-order valence-electron chi connectivity index (χ3n) is 3.93. The molecule has 0 bridgehead atoms. The number of halogens is 2. The first-order chi connectivity index (χ1) is 10.0. The molecule has 1 fully saturated rings. The van der Waals surface area contributed by atoms with Gasteiger partial charge in [0.15, 0.2) is 0 Å². The molecule has 1 saturated heterocycles. The van der Waals surface area contributed by atoms with Gasteiger partial charge >= 0.3 is 13.7 Å². The van der Waals surface area contributed by atoms with Crippen LogP contribution in [0.25, 0.3) is 0 Å². The number of rotatable bonds is 4. The molecule has 9 heteroatoms. The van der Waals surface area contributed by atoms with Crippen LogP contribution in [0, 0.1) is 10.1 Å². The van der Waals surface area contributed by atoms with E-state index in [0.717, 1.165) is 18.2 Å². The van der Waals surface area contributed by atoms with Crippen molar-refractivity contribution in [2.24, 2.45) is 0 Å². The van der Waals surface area contributed by atoms with Crippen molar-refractivity contribution in [3.63, 3.8) is 0 Å². The van der Waals surface area contributed by atoms with Gasteiger partial charge in [-0.15, -0.1) is 0 Å². The zero-order valence-corrected chi connectivity index (χ0v) is 12.6. The lowest BCUT2D eigenvalue weighted by Crippen LogP contribution is -2.41. The standard InChI is InChI=1S/C13H16BF2NO5/c1-12(2)13(3,4)22-14(21-12)9-7-8(20-11(15)16)5-6-10(9)17(18)19/h5-7,11H,1-4H3. The Labute approximate surface area is 126 Å². The second kappa shape index (κ2) is 5.47. The van der Waals surface area contributed by atoms with Crippen LogP contribution in [0.1, 0.15) is 27.7 Å². The summed E-state index contributed by atoms with van der Waals surface area (Å²) in [5, 5.41) is 11.1. The Hall–Kier alpha value is -1.74. The van der Waals surface area contributed by atoms with Gasteiger partial charge in [0.2, 0.25) is 0 Å². The van der Waals surface area contributed by atoms with Crippen molar-refractivity contribution in [3.05, 3.63) is 28.3 Å². The molecule has 0 aliphatic carbocycles. The number of nitro groups is 1. The highest BCUT2D eigenvalue weighted by molar-refractivity contribution is 6.63. The number of nitrogens with zero attached hydrogens (tertiary/aromatic N) is 1. The van der Waals surface area contributed by atoms with Crippen molar-refractivity contribution in [3.8, 4) is 5.75 Å². The minimum Gasteiger partial charge on any atom is -0.435 e. The van der Waals surface area contributed by atoms with E-state index >= 15 is 0 Å². The van der Waals surface area contributed by atoms with Crippen molar-refractivity contribution >= 4 is 18.3 Å². The zero-order chi connectivity index (χ0) is 16.7. The fourth-order valence-corrected chi connectivity index (χ4v) is 2.03. The molecular formula is C13H16BF2NO5. The molecule has 0 unspecified atom stereocenters. The highest BCUT2D eigenvalue weighted by Crippen LogP contribution is 2.37. The number of hydrogen-bond acceptors (Lipinski definition) is 5. The number of ether oxygens (including phenoxy) is 1. The smallest absolute Gasteiger partial charge is 0.435 e. The summed E-state index contributed by atoms with van der Waals surface area (Å²) in [6.45, 7) is 4.14. The molecule has 1 aliphatic rings. The van der Waals surface area contributed by atoms with E-state index in [9.17, 15) is 18.9 Å². The van der Waals surface area contributed by atoms with Gasteiger partial charge in [0.05, 0.1) is 21.6 Å². The normalized spacial score (nSPS) is 19.5. The van der Waals surface area contributed by atoms with Gasteiger partial charge in [-0.1, -0.05) is 0 Å². The van der Waals surface area contributed by atoms with Crippen molar-refractivity contribution in [2.75, 3.05) is 0 Å². The maximum absolute atomic E-state index is 12.3. The van der Waals surface area contributed by atoms with Gasteiger partial charge < -0.3 is 14.0 Å². The predicted octanol–water partition coefficient (Wildman–Crippen LogP) is 2.50. The van der Waals surface area contributed by atoms with Crippen LogP contribution in [0.4, 0.5) is 14.5 Å². The number of alkyl halides is 2. The Morgan fingerprint density at radius 2 is 1.77 bits per heavy atom. The van der Waals surface area contributed by atoms with E-state index in [1.165, 1.54) is 0 Å². The van der Waals surface area contributed by atoms with Crippen molar-refractivity contribution in [2.45, 2.75) is 45.5 Å². The molecule has 0 radical (unpaired) electrons. The van der Waals surface area contributed by atoms with E-state index in [1.807, 2.05) is 0 Å². The Kier molecular flexibility index (Phi) is 4.14. The summed E-state index contributed by atoms with van der Waals surface area (Å²) in [5.41, 5.74) is -1.64. The Morgan fingerprint density at radius 3 is 2.23 bits per heavy atom. The van der Waals surface area contributed by atoms with Gasteiger partial charge in [-0.2, -0.15) is 8.78 Å². The molecule has 0 N–H and O–H groups in total. The highest BCUT2D eigenvalue weighted by atomic mass is 19.3. The van der Waals surface area contributed by atoms with E-state index in [-0.39, 0.29) is 16.9 Å². The molecule has 1 heterocycles. The summed E-state index contributed by atoms with van der Waals surface area (Å²) in [6, 6.07) is 3.35. The summed E-state index contributed by atoms with van der Waals surface area (Å²) >= 11 is 0. The predicted molar refractivity (Wildman–Crippen MR) is 75.4 cm³/mol. The molecule has 1 aromatic rings. The lowest BCUT2D eigenvalue weighted by Gasteiger charge is -2.32. The first-order valence-corrected chi connectivity index (χ1v) is 6.62. The molecule has 0 saturated carbocycles. The Balaban J connectivity index is 2.42. The number of nitro benzene ring substituents is 1. The van der Waals surface area contributed by atoms with Crippen LogP contribution < -0.4 is 10.2 Å². The van der Waals surface area contributed by atoms with Crippen LogP contribution in [0.5, 0.6) is 5.75 Å². The summed E-state index contributed by atoms with van der Waals surface area (Å²) in [4.78, 5) is 10.5. The molecule has 22 heavy (non-hydrogen) atoms. The van der Waals surface area contributed by atoms with Gasteiger partial charge in [-0.3, -0.25) is 10.1 Å². The van der Waals surface area contributed by atoms with Gasteiger partial charge in [0, 0.05) is 6.07 Å².